The lowest BCUT2D eigenvalue weighted by molar-refractivity contribution is 0.222. The summed E-state index contributed by atoms with van der Waals surface area (Å²) in [6.07, 6.45) is 4.59. The van der Waals surface area contributed by atoms with E-state index in [1.165, 1.54) is 11.6 Å². The van der Waals surface area contributed by atoms with Gasteiger partial charge in [-0.05, 0) is 34.0 Å². The number of hydrogen-bond acceptors (Lipinski definition) is 3. The molecular formula is C12H14BrFN2O. The fourth-order valence-corrected chi connectivity index (χ4v) is 2.16. The number of anilines is 1. The molecule has 0 radical (unpaired) electrons. The first kappa shape index (κ1) is 12.5. The van der Waals surface area contributed by atoms with Crippen molar-refractivity contribution in [2.24, 2.45) is 0 Å². The molecule has 17 heavy (non-hydrogen) atoms. The first-order chi connectivity index (χ1) is 8.20. The van der Waals surface area contributed by atoms with Crippen molar-refractivity contribution in [1.29, 1.82) is 0 Å². The Morgan fingerprint density at radius 1 is 1.59 bits per heavy atom. The third-order valence-corrected chi connectivity index (χ3v) is 3.15. The summed E-state index contributed by atoms with van der Waals surface area (Å²) in [5.74, 6) is 0.129. The van der Waals surface area contributed by atoms with Crippen molar-refractivity contribution in [3.05, 3.63) is 34.2 Å². The van der Waals surface area contributed by atoms with E-state index in [9.17, 15) is 4.39 Å². The Hall–Kier alpha value is -0.940. The van der Waals surface area contributed by atoms with Gasteiger partial charge in [-0.1, -0.05) is 6.08 Å². The lowest BCUT2D eigenvalue weighted by Crippen LogP contribution is -2.30. The predicted molar refractivity (Wildman–Crippen MR) is 68.7 cm³/mol. The third-order valence-electron chi connectivity index (χ3n) is 2.72. The fourth-order valence-electron chi connectivity index (χ4n) is 1.86. The average Bonchev–Trinajstić information content (AvgIpc) is 2.31. The van der Waals surface area contributed by atoms with Gasteiger partial charge < -0.3 is 9.64 Å². The lowest BCUT2D eigenvalue weighted by atomic mass is 10.1. The van der Waals surface area contributed by atoms with Crippen molar-refractivity contribution in [1.82, 2.24) is 4.98 Å². The summed E-state index contributed by atoms with van der Waals surface area (Å²) in [7, 11) is 1.68. The third kappa shape index (κ3) is 3.04. The van der Waals surface area contributed by atoms with Crippen LogP contribution in [0.3, 0.4) is 0 Å². The van der Waals surface area contributed by atoms with Gasteiger partial charge in [0, 0.05) is 30.9 Å². The van der Waals surface area contributed by atoms with Crippen LogP contribution in [-0.4, -0.2) is 31.8 Å². The minimum Gasteiger partial charge on any atom is -0.380 e. The van der Waals surface area contributed by atoms with Gasteiger partial charge in [-0.2, -0.15) is 0 Å². The van der Waals surface area contributed by atoms with E-state index in [-0.39, 0.29) is 5.82 Å². The molecule has 0 saturated heterocycles. The van der Waals surface area contributed by atoms with E-state index >= 15 is 0 Å². The molecule has 0 atom stereocenters. The molecule has 0 amide bonds. The number of aromatic nitrogens is 1. The van der Waals surface area contributed by atoms with Crippen molar-refractivity contribution in [3.63, 3.8) is 0 Å². The van der Waals surface area contributed by atoms with Crippen molar-refractivity contribution in [2.45, 2.75) is 6.42 Å². The molecule has 0 aromatic carbocycles. The van der Waals surface area contributed by atoms with Crippen molar-refractivity contribution in [2.75, 3.05) is 31.7 Å². The number of ether oxygens (including phenoxy) is 1. The first-order valence-corrected chi connectivity index (χ1v) is 6.23. The Kier molecular flexibility index (Phi) is 4.12. The Morgan fingerprint density at radius 2 is 2.41 bits per heavy atom. The van der Waals surface area contributed by atoms with E-state index in [4.69, 9.17) is 4.74 Å². The van der Waals surface area contributed by atoms with Gasteiger partial charge >= 0.3 is 0 Å². The lowest BCUT2D eigenvalue weighted by Gasteiger charge is -2.27. The van der Waals surface area contributed by atoms with Crippen LogP contribution in [0, 0.1) is 5.82 Å². The molecule has 1 aliphatic heterocycles. The second-order valence-corrected chi connectivity index (χ2v) is 4.87. The van der Waals surface area contributed by atoms with Crippen LogP contribution in [0.2, 0.25) is 0 Å². The Balaban J connectivity index is 2.10. The fraction of sp³-hybridized carbons (Fsp3) is 0.417. The van der Waals surface area contributed by atoms with Crippen LogP contribution in [0.4, 0.5) is 10.2 Å². The van der Waals surface area contributed by atoms with Crippen molar-refractivity contribution in [3.8, 4) is 0 Å². The molecule has 2 rings (SSSR count). The smallest absolute Gasteiger partial charge is 0.166 e. The zero-order valence-electron chi connectivity index (χ0n) is 9.62. The first-order valence-electron chi connectivity index (χ1n) is 5.43. The van der Waals surface area contributed by atoms with Gasteiger partial charge in [-0.3, -0.25) is 0 Å². The van der Waals surface area contributed by atoms with E-state index in [0.717, 1.165) is 13.0 Å². The molecule has 3 nitrogen and oxygen atoms in total. The van der Waals surface area contributed by atoms with Crippen LogP contribution >= 0.6 is 15.9 Å². The Labute approximate surface area is 108 Å². The number of hydrogen-bond donors (Lipinski definition) is 0. The molecule has 5 heteroatoms. The van der Waals surface area contributed by atoms with Crippen molar-refractivity contribution < 1.29 is 9.13 Å². The van der Waals surface area contributed by atoms with E-state index in [2.05, 4.69) is 27.0 Å². The van der Waals surface area contributed by atoms with Gasteiger partial charge in [0.15, 0.2) is 11.6 Å². The summed E-state index contributed by atoms with van der Waals surface area (Å²) in [6, 6.07) is 1.44. The van der Waals surface area contributed by atoms with E-state index in [1.807, 2.05) is 4.90 Å². The Morgan fingerprint density at radius 3 is 3.00 bits per heavy atom. The summed E-state index contributed by atoms with van der Waals surface area (Å²) < 4.78 is 19.4. The summed E-state index contributed by atoms with van der Waals surface area (Å²) in [4.78, 5) is 6.05. The Bertz CT molecular complexity index is 437. The second kappa shape index (κ2) is 5.60. The molecule has 1 aliphatic rings. The largest absolute Gasteiger partial charge is 0.380 e. The highest BCUT2D eigenvalue weighted by Crippen LogP contribution is 2.22. The highest BCUT2D eigenvalue weighted by atomic mass is 79.9. The molecule has 1 aromatic rings. The number of rotatable bonds is 3. The van der Waals surface area contributed by atoms with Gasteiger partial charge in [-0.15, -0.1) is 0 Å². The van der Waals surface area contributed by atoms with Crippen LogP contribution in [0.5, 0.6) is 0 Å². The topological polar surface area (TPSA) is 25.4 Å². The normalized spacial score (nSPS) is 15.9. The maximum atomic E-state index is 13.7. The maximum Gasteiger partial charge on any atom is 0.166 e. The van der Waals surface area contributed by atoms with E-state index < -0.39 is 0 Å². The van der Waals surface area contributed by atoms with Gasteiger partial charge in [0.25, 0.3) is 0 Å². The summed E-state index contributed by atoms with van der Waals surface area (Å²) in [6.45, 7) is 2.12. The second-order valence-electron chi connectivity index (χ2n) is 3.95. The molecule has 1 aromatic heterocycles. The number of methoxy groups -OCH3 is 1. The molecule has 0 unspecified atom stereocenters. The molecule has 0 N–H and O–H groups in total. The van der Waals surface area contributed by atoms with Gasteiger partial charge in [0.2, 0.25) is 0 Å². The molecular weight excluding hydrogens is 287 g/mol. The summed E-state index contributed by atoms with van der Waals surface area (Å²) in [5, 5.41) is 0. The monoisotopic (exact) mass is 300 g/mol. The average molecular weight is 301 g/mol. The quantitative estimate of drug-likeness (QED) is 0.803. The zero-order chi connectivity index (χ0) is 12.3. The highest BCUT2D eigenvalue weighted by molar-refractivity contribution is 9.10. The van der Waals surface area contributed by atoms with Crippen molar-refractivity contribution >= 4 is 21.7 Å². The van der Waals surface area contributed by atoms with E-state index in [1.54, 1.807) is 13.3 Å². The van der Waals surface area contributed by atoms with E-state index in [0.29, 0.717) is 23.4 Å². The van der Waals surface area contributed by atoms with Crippen LogP contribution < -0.4 is 4.90 Å². The summed E-state index contributed by atoms with van der Waals surface area (Å²) in [5.41, 5.74) is 1.27. The number of pyridine rings is 1. The van der Waals surface area contributed by atoms with Crippen LogP contribution in [-0.2, 0) is 4.74 Å². The van der Waals surface area contributed by atoms with Gasteiger partial charge in [0.1, 0.15) is 0 Å². The predicted octanol–water partition coefficient (Wildman–Crippen LogP) is 2.77. The van der Waals surface area contributed by atoms with Crippen LogP contribution in [0.1, 0.15) is 6.42 Å². The van der Waals surface area contributed by atoms with Crippen LogP contribution in [0.25, 0.3) is 0 Å². The minimum atomic E-state index is -0.289. The maximum absolute atomic E-state index is 13.7. The molecule has 2 heterocycles. The molecule has 92 valence electrons. The van der Waals surface area contributed by atoms with Gasteiger partial charge in [-0.25, -0.2) is 9.37 Å². The zero-order valence-corrected chi connectivity index (χ0v) is 11.2. The molecule has 0 aliphatic carbocycles. The molecule has 0 fully saturated rings. The minimum absolute atomic E-state index is 0.289. The number of nitrogens with zero attached hydrogens (tertiary/aromatic N) is 2. The number of halogens is 2. The standard InChI is InChI=1S/C12H14BrFN2O/c1-17-8-9-2-4-16(5-3-9)12-11(14)6-10(13)7-15-12/h2,6-7H,3-5,8H2,1H3. The SMILES string of the molecule is COCC1=CCN(c2ncc(Br)cc2F)CC1. The van der Waals surface area contributed by atoms with Gasteiger partial charge in [0.05, 0.1) is 6.61 Å². The molecule has 0 spiro atoms. The molecule has 0 bridgehead atoms. The van der Waals surface area contributed by atoms with Crippen LogP contribution in [0.15, 0.2) is 28.4 Å². The summed E-state index contributed by atoms with van der Waals surface area (Å²) >= 11 is 3.20. The molecule has 0 saturated carbocycles. The highest BCUT2D eigenvalue weighted by Gasteiger charge is 2.16.